The van der Waals surface area contributed by atoms with Crippen LogP contribution < -0.4 is 0 Å². The van der Waals surface area contributed by atoms with E-state index in [1.807, 2.05) is 42.5 Å². The van der Waals surface area contributed by atoms with E-state index >= 15 is 0 Å². The molecule has 84 valence electrons. The van der Waals surface area contributed by atoms with Crippen molar-refractivity contribution >= 4 is 36.1 Å². The minimum Gasteiger partial charge on any atom is -0.297 e. The van der Waals surface area contributed by atoms with Crippen molar-refractivity contribution in [2.45, 2.75) is 0 Å². The fourth-order valence-electron chi connectivity index (χ4n) is 1.47. The highest BCUT2D eigenvalue weighted by atomic mass is 32.1. The highest BCUT2D eigenvalue weighted by molar-refractivity contribution is 7.15. The summed E-state index contributed by atoms with van der Waals surface area (Å²) in [6.07, 6.45) is 5.31. The summed E-state index contributed by atoms with van der Waals surface area (Å²) < 4.78 is 0. The molecule has 1 aromatic heterocycles. The molecule has 2 nitrogen and oxygen atoms in total. The lowest BCUT2D eigenvalue weighted by Crippen LogP contribution is -1.75. The molecule has 0 saturated carbocycles. The maximum Gasteiger partial charge on any atom is 0.160 e. The highest BCUT2D eigenvalue weighted by Crippen LogP contribution is 2.21. The molecule has 0 atom stereocenters. The molecule has 3 heteroatoms. The molecule has 0 aliphatic heterocycles. The first-order valence-electron chi connectivity index (χ1n) is 5.11. The van der Waals surface area contributed by atoms with Gasteiger partial charge in [0, 0.05) is 0 Å². The van der Waals surface area contributed by atoms with E-state index in [1.165, 1.54) is 11.3 Å². The predicted molar refractivity (Wildman–Crippen MR) is 70.5 cm³/mol. The molecule has 1 aromatic carbocycles. The standard InChI is InChI=1S/C14H10O2S/c15-9-13-8-12(14(10-16)17-13)7-6-11-4-2-1-3-5-11/h1-10H/b7-6+. The Balaban J connectivity index is 2.29. The quantitative estimate of drug-likeness (QED) is 0.768. The van der Waals surface area contributed by atoms with Crippen LogP contribution in [0.25, 0.3) is 12.2 Å². The molecule has 1 heterocycles. The van der Waals surface area contributed by atoms with Crippen molar-refractivity contribution in [3.05, 3.63) is 57.3 Å². The molecule has 0 unspecified atom stereocenters. The molecule has 2 rings (SSSR count). The first-order valence-corrected chi connectivity index (χ1v) is 5.92. The normalized spacial score (nSPS) is 10.6. The van der Waals surface area contributed by atoms with E-state index < -0.39 is 0 Å². The van der Waals surface area contributed by atoms with Crippen molar-refractivity contribution in [1.29, 1.82) is 0 Å². The largest absolute Gasteiger partial charge is 0.297 e. The zero-order valence-corrected chi connectivity index (χ0v) is 9.81. The molecule has 0 N–H and O–H groups in total. The van der Waals surface area contributed by atoms with Crippen LogP contribution in [0.5, 0.6) is 0 Å². The summed E-state index contributed by atoms with van der Waals surface area (Å²) in [6.45, 7) is 0. The minimum atomic E-state index is 0.569. The molecular weight excluding hydrogens is 232 g/mol. The number of carbonyl (C=O) groups excluding carboxylic acids is 2. The Morgan fingerprint density at radius 3 is 2.35 bits per heavy atom. The van der Waals surface area contributed by atoms with Crippen molar-refractivity contribution in [3.63, 3.8) is 0 Å². The lowest BCUT2D eigenvalue weighted by Gasteiger charge is -1.91. The summed E-state index contributed by atoms with van der Waals surface area (Å²) in [5, 5.41) is 0. The first kappa shape index (κ1) is 11.5. The Labute approximate surface area is 103 Å². The van der Waals surface area contributed by atoms with Crippen LogP contribution in [-0.4, -0.2) is 12.6 Å². The molecular formula is C14H10O2S. The average Bonchev–Trinajstić information content (AvgIpc) is 2.80. The van der Waals surface area contributed by atoms with Crippen LogP contribution >= 0.6 is 11.3 Å². The number of carbonyl (C=O) groups is 2. The molecule has 17 heavy (non-hydrogen) atoms. The summed E-state index contributed by atoms with van der Waals surface area (Å²) in [4.78, 5) is 22.6. The van der Waals surface area contributed by atoms with Crippen molar-refractivity contribution in [2.24, 2.45) is 0 Å². The van der Waals surface area contributed by atoms with E-state index in [4.69, 9.17) is 0 Å². The first-order chi connectivity index (χ1) is 8.33. The number of hydrogen-bond acceptors (Lipinski definition) is 3. The summed E-state index contributed by atoms with van der Waals surface area (Å²) in [6, 6.07) is 11.5. The van der Waals surface area contributed by atoms with Crippen LogP contribution in [0.4, 0.5) is 0 Å². The molecule has 0 saturated heterocycles. The van der Waals surface area contributed by atoms with Crippen LogP contribution in [0.15, 0.2) is 36.4 Å². The van der Waals surface area contributed by atoms with Crippen LogP contribution in [0.2, 0.25) is 0 Å². The molecule has 0 aliphatic carbocycles. The van der Waals surface area contributed by atoms with Gasteiger partial charge in [-0.2, -0.15) is 0 Å². The molecule has 0 bridgehead atoms. The predicted octanol–water partition coefficient (Wildman–Crippen LogP) is 3.54. The van der Waals surface area contributed by atoms with E-state index in [2.05, 4.69) is 0 Å². The number of thiophene rings is 1. The maximum absolute atomic E-state index is 10.8. The topological polar surface area (TPSA) is 34.1 Å². The van der Waals surface area contributed by atoms with Crippen molar-refractivity contribution in [3.8, 4) is 0 Å². The van der Waals surface area contributed by atoms with Gasteiger partial charge in [0.25, 0.3) is 0 Å². The highest BCUT2D eigenvalue weighted by Gasteiger charge is 2.04. The van der Waals surface area contributed by atoms with Gasteiger partial charge in [-0.3, -0.25) is 9.59 Å². The Hall–Kier alpha value is -2.00. The summed E-state index contributed by atoms with van der Waals surface area (Å²) in [5.74, 6) is 0. The molecule has 0 spiro atoms. The number of aldehydes is 2. The lowest BCUT2D eigenvalue weighted by atomic mass is 10.1. The van der Waals surface area contributed by atoms with Gasteiger partial charge in [-0.05, 0) is 17.2 Å². The van der Waals surface area contributed by atoms with E-state index in [0.717, 1.165) is 23.7 Å². The molecule has 0 aliphatic rings. The van der Waals surface area contributed by atoms with E-state index in [0.29, 0.717) is 9.75 Å². The lowest BCUT2D eigenvalue weighted by molar-refractivity contribution is 0.112. The molecule has 0 amide bonds. The number of benzene rings is 1. The fraction of sp³-hybridized carbons (Fsp3) is 0. The third-order valence-electron chi connectivity index (χ3n) is 2.29. The van der Waals surface area contributed by atoms with E-state index in [-0.39, 0.29) is 0 Å². The van der Waals surface area contributed by atoms with Gasteiger partial charge in [0.05, 0.1) is 9.75 Å². The van der Waals surface area contributed by atoms with Crippen LogP contribution in [0, 0.1) is 0 Å². The zero-order chi connectivity index (χ0) is 12.1. The van der Waals surface area contributed by atoms with E-state index in [1.54, 1.807) is 6.07 Å². The molecule has 2 aromatic rings. The second kappa shape index (κ2) is 5.37. The number of hydrogen-bond donors (Lipinski definition) is 0. The minimum absolute atomic E-state index is 0.569. The second-order valence-electron chi connectivity index (χ2n) is 3.45. The second-order valence-corrected chi connectivity index (χ2v) is 4.56. The molecule has 0 fully saturated rings. The summed E-state index contributed by atoms with van der Waals surface area (Å²) in [7, 11) is 0. The van der Waals surface area contributed by atoms with Gasteiger partial charge in [0.2, 0.25) is 0 Å². The fourth-order valence-corrected chi connectivity index (χ4v) is 2.25. The van der Waals surface area contributed by atoms with Gasteiger partial charge in [0.15, 0.2) is 12.6 Å². The Kier molecular flexibility index (Phi) is 3.62. The monoisotopic (exact) mass is 242 g/mol. The maximum atomic E-state index is 10.8. The van der Waals surface area contributed by atoms with Gasteiger partial charge >= 0.3 is 0 Å². The van der Waals surface area contributed by atoms with Gasteiger partial charge in [-0.25, -0.2) is 0 Å². The Bertz CT molecular complexity index is 553. The number of rotatable bonds is 4. The van der Waals surface area contributed by atoms with Crippen LogP contribution in [0.1, 0.15) is 30.5 Å². The van der Waals surface area contributed by atoms with Crippen molar-refractivity contribution in [1.82, 2.24) is 0 Å². The molecule has 0 radical (unpaired) electrons. The van der Waals surface area contributed by atoms with E-state index in [9.17, 15) is 9.59 Å². The van der Waals surface area contributed by atoms with Crippen LogP contribution in [0.3, 0.4) is 0 Å². The SMILES string of the molecule is O=Cc1cc(/C=C/c2ccccc2)c(C=O)s1. The Morgan fingerprint density at radius 1 is 0.941 bits per heavy atom. The summed E-state index contributed by atoms with van der Waals surface area (Å²) >= 11 is 1.21. The third kappa shape index (κ3) is 2.77. The smallest absolute Gasteiger partial charge is 0.160 e. The van der Waals surface area contributed by atoms with Gasteiger partial charge < -0.3 is 0 Å². The third-order valence-corrected chi connectivity index (χ3v) is 3.29. The zero-order valence-electron chi connectivity index (χ0n) is 9.00. The van der Waals surface area contributed by atoms with Crippen molar-refractivity contribution < 1.29 is 9.59 Å². The summed E-state index contributed by atoms with van der Waals surface area (Å²) in [5.41, 5.74) is 1.85. The van der Waals surface area contributed by atoms with Gasteiger partial charge in [-0.1, -0.05) is 42.5 Å². The van der Waals surface area contributed by atoms with Crippen LogP contribution in [-0.2, 0) is 0 Å². The van der Waals surface area contributed by atoms with Gasteiger partial charge in [-0.15, -0.1) is 11.3 Å². The average molecular weight is 242 g/mol. The van der Waals surface area contributed by atoms with Gasteiger partial charge in [0.1, 0.15) is 0 Å². The van der Waals surface area contributed by atoms with Crippen molar-refractivity contribution in [2.75, 3.05) is 0 Å². The Morgan fingerprint density at radius 2 is 1.71 bits per heavy atom.